The standard InChI is InChI=1S/C12H15IN2O2/c1-8-5-10(6-14-11(8)13)12(16)15-3-4-17-7-9(15)2/h5-6,9H,3-4,7H2,1-2H3. The van der Waals surface area contributed by atoms with Crippen molar-refractivity contribution in [1.82, 2.24) is 9.88 Å². The van der Waals surface area contributed by atoms with E-state index in [2.05, 4.69) is 27.6 Å². The number of rotatable bonds is 1. The summed E-state index contributed by atoms with van der Waals surface area (Å²) < 4.78 is 6.27. The topological polar surface area (TPSA) is 42.4 Å². The molecule has 1 amide bonds. The molecule has 0 aromatic carbocycles. The van der Waals surface area contributed by atoms with Crippen molar-refractivity contribution in [2.75, 3.05) is 19.8 Å². The molecule has 0 aliphatic carbocycles. The third-order valence-electron chi connectivity index (χ3n) is 2.89. The van der Waals surface area contributed by atoms with E-state index < -0.39 is 0 Å². The molecule has 2 rings (SSSR count). The Morgan fingerprint density at radius 2 is 2.41 bits per heavy atom. The van der Waals surface area contributed by atoms with Gasteiger partial charge in [0.2, 0.25) is 0 Å². The van der Waals surface area contributed by atoms with Gasteiger partial charge in [0.25, 0.3) is 5.91 Å². The molecule has 5 heteroatoms. The molecule has 0 N–H and O–H groups in total. The van der Waals surface area contributed by atoms with E-state index in [-0.39, 0.29) is 11.9 Å². The summed E-state index contributed by atoms with van der Waals surface area (Å²) in [5.41, 5.74) is 1.70. The number of aryl methyl sites for hydroxylation is 1. The second-order valence-electron chi connectivity index (χ2n) is 4.25. The Kier molecular flexibility index (Phi) is 3.98. The lowest BCUT2D eigenvalue weighted by Crippen LogP contribution is -2.47. The second-order valence-corrected chi connectivity index (χ2v) is 5.28. The molecule has 2 heterocycles. The van der Waals surface area contributed by atoms with Gasteiger partial charge < -0.3 is 9.64 Å². The van der Waals surface area contributed by atoms with Gasteiger partial charge in [0.05, 0.1) is 24.8 Å². The molecule has 1 saturated heterocycles. The molecule has 4 nitrogen and oxygen atoms in total. The highest BCUT2D eigenvalue weighted by Crippen LogP contribution is 2.15. The van der Waals surface area contributed by atoms with Crippen LogP contribution in [0.5, 0.6) is 0 Å². The van der Waals surface area contributed by atoms with E-state index in [1.165, 1.54) is 0 Å². The van der Waals surface area contributed by atoms with E-state index in [0.29, 0.717) is 25.3 Å². The molecule has 0 spiro atoms. The molecule has 1 aliphatic heterocycles. The van der Waals surface area contributed by atoms with Crippen LogP contribution in [0.3, 0.4) is 0 Å². The summed E-state index contributed by atoms with van der Waals surface area (Å²) in [7, 11) is 0. The lowest BCUT2D eigenvalue weighted by Gasteiger charge is -2.33. The third-order valence-corrected chi connectivity index (χ3v) is 4.02. The molecule has 1 atom stereocenters. The van der Waals surface area contributed by atoms with Crippen LogP contribution < -0.4 is 0 Å². The van der Waals surface area contributed by atoms with Gasteiger partial charge in [-0.25, -0.2) is 4.98 Å². The van der Waals surface area contributed by atoms with Crippen molar-refractivity contribution in [3.05, 3.63) is 27.1 Å². The van der Waals surface area contributed by atoms with E-state index in [9.17, 15) is 4.79 Å². The van der Waals surface area contributed by atoms with Gasteiger partial charge in [-0.3, -0.25) is 4.79 Å². The van der Waals surface area contributed by atoms with Crippen LogP contribution in [-0.2, 0) is 4.74 Å². The Labute approximate surface area is 114 Å². The number of aromatic nitrogens is 1. The highest BCUT2D eigenvalue weighted by Gasteiger charge is 2.25. The Hall–Kier alpha value is -0.690. The Morgan fingerprint density at radius 3 is 3.06 bits per heavy atom. The van der Waals surface area contributed by atoms with Gasteiger partial charge in [0, 0.05) is 12.7 Å². The lowest BCUT2D eigenvalue weighted by atomic mass is 10.1. The monoisotopic (exact) mass is 346 g/mol. The van der Waals surface area contributed by atoms with Gasteiger partial charge in [-0.1, -0.05) is 0 Å². The largest absolute Gasteiger partial charge is 0.377 e. The van der Waals surface area contributed by atoms with Gasteiger partial charge in [0.15, 0.2) is 0 Å². The van der Waals surface area contributed by atoms with Crippen LogP contribution in [0.25, 0.3) is 0 Å². The van der Waals surface area contributed by atoms with Crippen molar-refractivity contribution in [3.8, 4) is 0 Å². The maximum Gasteiger partial charge on any atom is 0.255 e. The van der Waals surface area contributed by atoms with Crippen LogP contribution in [0.1, 0.15) is 22.8 Å². The maximum absolute atomic E-state index is 12.3. The van der Waals surface area contributed by atoms with E-state index in [0.717, 1.165) is 9.26 Å². The van der Waals surface area contributed by atoms with E-state index >= 15 is 0 Å². The molecule has 1 aromatic heterocycles. The molecular weight excluding hydrogens is 331 g/mol. The number of hydrogen-bond acceptors (Lipinski definition) is 3. The zero-order valence-corrected chi connectivity index (χ0v) is 12.1. The van der Waals surface area contributed by atoms with Crippen LogP contribution in [0.4, 0.5) is 0 Å². The van der Waals surface area contributed by atoms with E-state index in [4.69, 9.17) is 4.74 Å². The number of amides is 1. The van der Waals surface area contributed by atoms with Crippen molar-refractivity contribution in [2.24, 2.45) is 0 Å². The van der Waals surface area contributed by atoms with Crippen molar-refractivity contribution in [1.29, 1.82) is 0 Å². The molecule has 1 aromatic rings. The molecule has 1 unspecified atom stereocenters. The summed E-state index contributed by atoms with van der Waals surface area (Å²) in [4.78, 5) is 18.4. The Morgan fingerprint density at radius 1 is 1.65 bits per heavy atom. The fraction of sp³-hybridized carbons (Fsp3) is 0.500. The second kappa shape index (κ2) is 5.30. The lowest BCUT2D eigenvalue weighted by molar-refractivity contribution is 0.00356. The molecule has 1 aliphatic rings. The van der Waals surface area contributed by atoms with Gasteiger partial charge in [-0.05, 0) is 48.1 Å². The van der Waals surface area contributed by atoms with Crippen LogP contribution in [0.2, 0.25) is 0 Å². The van der Waals surface area contributed by atoms with E-state index in [1.54, 1.807) is 6.20 Å². The minimum atomic E-state index is 0.0489. The highest BCUT2D eigenvalue weighted by atomic mass is 127. The quantitative estimate of drug-likeness (QED) is 0.576. The predicted molar refractivity (Wildman–Crippen MR) is 73.0 cm³/mol. The normalized spacial score (nSPS) is 20.4. The van der Waals surface area contributed by atoms with Crippen molar-refractivity contribution in [3.63, 3.8) is 0 Å². The van der Waals surface area contributed by atoms with Crippen LogP contribution in [0.15, 0.2) is 12.3 Å². The minimum absolute atomic E-state index is 0.0489. The number of carbonyl (C=O) groups excluding carboxylic acids is 1. The first-order valence-electron chi connectivity index (χ1n) is 5.60. The first kappa shape index (κ1) is 12.8. The molecule has 0 radical (unpaired) electrons. The number of pyridine rings is 1. The molecule has 17 heavy (non-hydrogen) atoms. The molecule has 92 valence electrons. The van der Waals surface area contributed by atoms with Gasteiger partial charge in [0.1, 0.15) is 3.70 Å². The smallest absolute Gasteiger partial charge is 0.255 e. The Bertz CT molecular complexity index is 437. The number of carbonyl (C=O) groups is 1. The molecule has 0 bridgehead atoms. The predicted octanol–water partition coefficient (Wildman–Crippen LogP) is 1.86. The minimum Gasteiger partial charge on any atom is -0.377 e. The van der Waals surface area contributed by atoms with E-state index in [1.807, 2.05) is 24.8 Å². The Balaban J connectivity index is 2.21. The molecule has 0 saturated carbocycles. The van der Waals surface area contributed by atoms with Gasteiger partial charge in [-0.2, -0.15) is 0 Å². The summed E-state index contributed by atoms with van der Waals surface area (Å²) in [6, 6.07) is 2.04. The zero-order chi connectivity index (χ0) is 12.4. The SMILES string of the molecule is Cc1cc(C(=O)N2CCOCC2C)cnc1I. The number of hydrogen-bond donors (Lipinski definition) is 0. The summed E-state index contributed by atoms with van der Waals surface area (Å²) in [6.45, 7) is 5.86. The summed E-state index contributed by atoms with van der Waals surface area (Å²) >= 11 is 2.17. The first-order chi connectivity index (χ1) is 8.09. The molecule has 1 fully saturated rings. The maximum atomic E-state index is 12.3. The number of nitrogens with zero attached hydrogens (tertiary/aromatic N) is 2. The zero-order valence-electron chi connectivity index (χ0n) is 9.94. The summed E-state index contributed by atoms with van der Waals surface area (Å²) in [6.07, 6.45) is 1.65. The third kappa shape index (κ3) is 2.77. The number of ether oxygens (including phenoxy) is 1. The van der Waals surface area contributed by atoms with Crippen LogP contribution in [-0.4, -0.2) is 41.6 Å². The van der Waals surface area contributed by atoms with Gasteiger partial charge >= 0.3 is 0 Å². The summed E-state index contributed by atoms with van der Waals surface area (Å²) in [5.74, 6) is 0.0489. The number of morpholine rings is 1. The van der Waals surface area contributed by atoms with Crippen molar-refractivity contribution >= 4 is 28.5 Å². The summed E-state index contributed by atoms with van der Waals surface area (Å²) in [5, 5.41) is 0. The number of halogens is 1. The van der Waals surface area contributed by atoms with Crippen LogP contribution in [0, 0.1) is 10.6 Å². The van der Waals surface area contributed by atoms with Crippen LogP contribution >= 0.6 is 22.6 Å². The average molecular weight is 346 g/mol. The fourth-order valence-electron chi connectivity index (χ4n) is 1.87. The highest BCUT2D eigenvalue weighted by molar-refractivity contribution is 14.1. The van der Waals surface area contributed by atoms with Crippen molar-refractivity contribution in [2.45, 2.75) is 19.9 Å². The van der Waals surface area contributed by atoms with Crippen molar-refractivity contribution < 1.29 is 9.53 Å². The average Bonchev–Trinajstić information content (AvgIpc) is 2.32. The first-order valence-corrected chi connectivity index (χ1v) is 6.68. The van der Waals surface area contributed by atoms with Gasteiger partial charge in [-0.15, -0.1) is 0 Å². The molecular formula is C12H15IN2O2. The fourth-order valence-corrected chi connectivity index (χ4v) is 2.16.